The van der Waals surface area contributed by atoms with E-state index in [1.165, 1.54) is 39.2 Å². The van der Waals surface area contributed by atoms with Crippen molar-refractivity contribution in [1.29, 1.82) is 0 Å². The first-order valence-corrected chi connectivity index (χ1v) is 7.12. The maximum absolute atomic E-state index is 12.1. The number of ether oxygens (including phenoxy) is 1. The minimum atomic E-state index is -4.04. The average Bonchev–Trinajstić information content (AvgIpc) is 2.37. The fourth-order valence-corrected chi connectivity index (χ4v) is 3.05. The Kier molecular flexibility index (Phi) is 4.85. The molecule has 0 saturated heterocycles. The number of carbonyl (C=O) groups excluding carboxylic acids is 1. The zero-order valence-electron chi connectivity index (χ0n) is 11.2. The maximum atomic E-state index is 12.1. The van der Waals surface area contributed by atoms with E-state index in [9.17, 15) is 18.0 Å². The number of aliphatic carboxylic acids is 1. The number of carboxylic acids is 1. The molecule has 0 heterocycles. The summed E-state index contributed by atoms with van der Waals surface area (Å²) in [5.41, 5.74) is 0.308. The Morgan fingerprint density at radius 3 is 2.45 bits per heavy atom. The highest BCUT2D eigenvalue weighted by Gasteiger charge is 2.25. The van der Waals surface area contributed by atoms with Crippen molar-refractivity contribution in [2.24, 2.45) is 0 Å². The largest absolute Gasteiger partial charge is 0.480 e. The Bertz CT molecular complexity index is 637. The van der Waals surface area contributed by atoms with Gasteiger partial charge in [-0.2, -0.15) is 4.72 Å². The van der Waals surface area contributed by atoms with Crippen LogP contribution in [0.4, 0.5) is 0 Å². The first-order valence-electron chi connectivity index (χ1n) is 5.63. The van der Waals surface area contributed by atoms with Gasteiger partial charge in [0.15, 0.2) is 0 Å². The van der Waals surface area contributed by atoms with E-state index in [4.69, 9.17) is 5.11 Å². The Labute approximate surface area is 116 Å². The van der Waals surface area contributed by atoms with Crippen LogP contribution in [0.5, 0.6) is 0 Å². The van der Waals surface area contributed by atoms with Crippen LogP contribution >= 0.6 is 0 Å². The van der Waals surface area contributed by atoms with Crippen molar-refractivity contribution in [3.05, 3.63) is 29.3 Å². The summed E-state index contributed by atoms with van der Waals surface area (Å²) in [6, 6.07) is 2.83. The van der Waals surface area contributed by atoms with E-state index in [1.807, 2.05) is 4.72 Å². The molecule has 0 aliphatic carbocycles. The lowest BCUT2D eigenvalue weighted by Gasteiger charge is -2.13. The van der Waals surface area contributed by atoms with Crippen LogP contribution < -0.4 is 4.72 Å². The number of benzene rings is 1. The molecule has 8 heteroatoms. The van der Waals surface area contributed by atoms with Crippen LogP contribution in [-0.2, 0) is 19.6 Å². The van der Waals surface area contributed by atoms with E-state index in [0.717, 1.165) is 0 Å². The molecule has 1 aromatic rings. The van der Waals surface area contributed by atoms with Gasteiger partial charge in [0.1, 0.15) is 6.04 Å². The van der Waals surface area contributed by atoms with E-state index in [1.54, 1.807) is 0 Å². The standard InChI is InChI=1S/C12H15NO6S/c1-7-9(12(16)19-3)5-4-6-10(7)20(17,18)13-8(2)11(14)15/h4-6,8,13H,1-3H3,(H,14,15)/t8-/m0/s1. The zero-order chi connectivity index (χ0) is 15.5. The van der Waals surface area contributed by atoms with Crippen molar-refractivity contribution in [2.75, 3.05) is 7.11 Å². The third-order valence-corrected chi connectivity index (χ3v) is 4.37. The Morgan fingerprint density at radius 2 is 1.95 bits per heavy atom. The second-order valence-electron chi connectivity index (χ2n) is 4.10. The van der Waals surface area contributed by atoms with Gasteiger partial charge in [0.2, 0.25) is 10.0 Å². The van der Waals surface area contributed by atoms with Crippen LogP contribution in [-0.4, -0.2) is 38.6 Å². The molecular formula is C12H15NO6S. The van der Waals surface area contributed by atoms with Crippen LogP contribution in [0.1, 0.15) is 22.8 Å². The van der Waals surface area contributed by atoms with Crippen molar-refractivity contribution < 1.29 is 27.9 Å². The van der Waals surface area contributed by atoms with Crippen molar-refractivity contribution >= 4 is 22.0 Å². The van der Waals surface area contributed by atoms with Crippen LogP contribution in [0.15, 0.2) is 23.1 Å². The van der Waals surface area contributed by atoms with Gasteiger partial charge < -0.3 is 9.84 Å². The van der Waals surface area contributed by atoms with Crippen LogP contribution in [0.3, 0.4) is 0 Å². The van der Waals surface area contributed by atoms with Crippen LogP contribution in [0, 0.1) is 6.92 Å². The lowest BCUT2D eigenvalue weighted by Crippen LogP contribution is -2.38. The maximum Gasteiger partial charge on any atom is 0.338 e. The highest BCUT2D eigenvalue weighted by molar-refractivity contribution is 7.89. The van der Waals surface area contributed by atoms with Gasteiger partial charge in [-0.05, 0) is 31.5 Å². The normalized spacial score (nSPS) is 12.8. The van der Waals surface area contributed by atoms with Gasteiger partial charge >= 0.3 is 11.9 Å². The van der Waals surface area contributed by atoms with Crippen molar-refractivity contribution in [3.8, 4) is 0 Å². The van der Waals surface area contributed by atoms with Gasteiger partial charge in [0.25, 0.3) is 0 Å². The summed E-state index contributed by atoms with van der Waals surface area (Å²) in [6.45, 7) is 2.66. The number of hydrogen-bond acceptors (Lipinski definition) is 5. The molecule has 0 saturated carbocycles. The molecular weight excluding hydrogens is 286 g/mol. The predicted molar refractivity (Wildman–Crippen MR) is 69.9 cm³/mol. The number of nitrogens with one attached hydrogen (secondary N) is 1. The van der Waals surface area contributed by atoms with Crippen LogP contribution in [0.2, 0.25) is 0 Å². The molecule has 0 aliphatic rings. The number of carbonyl (C=O) groups is 2. The lowest BCUT2D eigenvalue weighted by molar-refractivity contribution is -0.138. The molecule has 0 aromatic heterocycles. The van der Waals surface area contributed by atoms with Gasteiger partial charge in [0.05, 0.1) is 17.6 Å². The number of sulfonamides is 1. The van der Waals surface area contributed by atoms with Crippen molar-refractivity contribution in [2.45, 2.75) is 24.8 Å². The molecule has 0 fully saturated rings. The average molecular weight is 301 g/mol. The molecule has 2 N–H and O–H groups in total. The molecule has 0 bridgehead atoms. The second-order valence-corrected chi connectivity index (χ2v) is 5.78. The quantitative estimate of drug-likeness (QED) is 0.768. The summed E-state index contributed by atoms with van der Waals surface area (Å²) >= 11 is 0. The molecule has 1 rings (SSSR count). The molecule has 110 valence electrons. The summed E-state index contributed by atoms with van der Waals surface area (Å²) in [4.78, 5) is 22.1. The van der Waals surface area contributed by atoms with Gasteiger partial charge in [-0.3, -0.25) is 4.79 Å². The zero-order valence-corrected chi connectivity index (χ0v) is 12.0. The van der Waals surface area contributed by atoms with Gasteiger partial charge in [-0.15, -0.1) is 0 Å². The SMILES string of the molecule is COC(=O)c1cccc(S(=O)(=O)N[C@@H](C)C(=O)O)c1C. The van der Waals surface area contributed by atoms with Crippen molar-refractivity contribution in [3.63, 3.8) is 0 Å². The van der Waals surface area contributed by atoms with Crippen LogP contribution in [0.25, 0.3) is 0 Å². The Balaban J connectivity index is 3.26. The second kappa shape index (κ2) is 6.02. The minimum Gasteiger partial charge on any atom is -0.480 e. The monoisotopic (exact) mass is 301 g/mol. The molecule has 0 spiro atoms. The number of rotatable bonds is 5. The van der Waals surface area contributed by atoms with Gasteiger partial charge in [0, 0.05) is 0 Å². The van der Waals surface area contributed by atoms with E-state index >= 15 is 0 Å². The van der Waals surface area contributed by atoms with E-state index < -0.39 is 28.0 Å². The van der Waals surface area contributed by atoms with E-state index in [2.05, 4.69) is 4.74 Å². The summed E-state index contributed by atoms with van der Waals surface area (Å²) in [5, 5.41) is 8.74. The molecule has 20 heavy (non-hydrogen) atoms. The molecule has 0 radical (unpaired) electrons. The van der Waals surface area contributed by atoms with E-state index in [-0.39, 0.29) is 16.0 Å². The first-order chi connectivity index (χ1) is 9.20. The Morgan fingerprint density at radius 1 is 1.35 bits per heavy atom. The number of methoxy groups -OCH3 is 1. The number of hydrogen-bond donors (Lipinski definition) is 2. The topological polar surface area (TPSA) is 110 Å². The van der Waals surface area contributed by atoms with Gasteiger partial charge in [-0.25, -0.2) is 13.2 Å². The fourth-order valence-electron chi connectivity index (χ4n) is 1.58. The Hall–Kier alpha value is -1.93. The smallest absolute Gasteiger partial charge is 0.338 e. The molecule has 1 aromatic carbocycles. The highest BCUT2D eigenvalue weighted by Crippen LogP contribution is 2.19. The molecule has 1 atom stereocenters. The summed E-state index contributed by atoms with van der Waals surface area (Å²) in [6.07, 6.45) is 0. The molecule has 0 unspecified atom stereocenters. The number of esters is 1. The van der Waals surface area contributed by atoms with Gasteiger partial charge in [-0.1, -0.05) is 6.07 Å². The molecule has 7 nitrogen and oxygen atoms in total. The third kappa shape index (κ3) is 3.34. The summed E-state index contributed by atoms with van der Waals surface area (Å²) in [5.74, 6) is -1.96. The molecule has 0 aliphatic heterocycles. The van der Waals surface area contributed by atoms with E-state index in [0.29, 0.717) is 0 Å². The lowest BCUT2D eigenvalue weighted by atomic mass is 10.1. The predicted octanol–water partition coefficient (Wildman–Crippen LogP) is 0.533. The third-order valence-electron chi connectivity index (χ3n) is 2.68. The minimum absolute atomic E-state index is 0.110. The number of carboxylic acid groups (broad SMARTS) is 1. The van der Waals surface area contributed by atoms with Crippen molar-refractivity contribution in [1.82, 2.24) is 4.72 Å². The fraction of sp³-hybridized carbons (Fsp3) is 0.333. The summed E-state index contributed by atoms with van der Waals surface area (Å²) < 4.78 is 30.8. The molecule has 0 amide bonds. The first kappa shape index (κ1) is 16.1. The summed E-state index contributed by atoms with van der Waals surface area (Å²) in [7, 11) is -2.85. The highest BCUT2D eigenvalue weighted by atomic mass is 32.2.